The van der Waals surface area contributed by atoms with E-state index in [9.17, 15) is 9.18 Å². The quantitative estimate of drug-likeness (QED) is 0.745. The lowest BCUT2D eigenvalue weighted by atomic mass is 10.2. The molecule has 6 nitrogen and oxygen atoms in total. The van der Waals surface area contributed by atoms with Gasteiger partial charge in [0.15, 0.2) is 5.82 Å². The van der Waals surface area contributed by atoms with E-state index >= 15 is 0 Å². The first-order chi connectivity index (χ1) is 11.6. The number of carbonyl (C=O) groups is 1. The second kappa shape index (κ2) is 7.27. The summed E-state index contributed by atoms with van der Waals surface area (Å²) in [4.78, 5) is 11.9. The monoisotopic (exact) mass is 347 g/mol. The van der Waals surface area contributed by atoms with E-state index < -0.39 is 0 Å². The highest BCUT2D eigenvalue weighted by molar-refractivity contribution is 6.30. The van der Waals surface area contributed by atoms with Crippen molar-refractivity contribution < 1.29 is 9.18 Å². The summed E-state index contributed by atoms with van der Waals surface area (Å²) in [6.45, 7) is 0.725. The molecule has 8 heteroatoms. The van der Waals surface area contributed by atoms with Crippen LogP contribution in [-0.2, 0) is 17.9 Å². The number of aromatic nitrogens is 4. The minimum absolute atomic E-state index is 0.183. The Morgan fingerprint density at radius 3 is 2.83 bits per heavy atom. The minimum atomic E-state index is -0.281. The molecule has 1 aromatic carbocycles. The number of carbonyl (C=O) groups excluding carboxylic acids is 1. The summed E-state index contributed by atoms with van der Waals surface area (Å²) in [6, 6.07) is 8.18. The van der Waals surface area contributed by atoms with Gasteiger partial charge < -0.3 is 5.32 Å². The molecule has 24 heavy (non-hydrogen) atoms. The maximum absolute atomic E-state index is 13.6. The second-order valence-corrected chi connectivity index (χ2v) is 5.65. The van der Waals surface area contributed by atoms with Crippen molar-refractivity contribution in [2.75, 3.05) is 5.32 Å². The highest BCUT2D eigenvalue weighted by atomic mass is 35.5. The molecule has 0 atom stereocenters. The third-order valence-corrected chi connectivity index (χ3v) is 3.56. The van der Waals surface area contributed by atoms with E-state index in [1.54, 1.807) is 46.0 Å². The molecule has 0 bridgehead atoms. The maximum Gasteiger partial charge on any atom is 0.227 e. The first kappa shape index (κ1) is 16.2. The summed E-state index contributed by atoms with van der Waals surface area (Å²) >= 11 is 5.76. The SMILES string of the molecule is O=C(CCn1cc(Cl)cn1)Nc1ccn(Cc2ccccc2F)n1. The van der Waals surface area contributed by atoms with E-state index in [2.05, 4.69) is 15.5 Å². The molecule has 0 aliphatic rings. The molecule has 0 fully saturated rings. The number of aryl methyl sites for hydroxylation is 1. The fourth-order valence-electron chi connectivity index (χ4n) is 2.20. The molecule has 0 aliphatic heterocycles. The van der Waals surface area contributed by atoms with Gasteiger partial charge in [-0.1, -0.05) is 29.8 Å². The molecule has 3 aromatic rings. The number of nitrogens with zero attached hydrogens (tertiary/aromatic N) is 4. The van der Waals surface area contributed by atoms with Gasteiger partial charge in [0, 0.05) is 37.0 Å². The summed E-state index contributed by atoms with van der Waals surface area (Å²) in [6.07, 6.45) is 5.11. The van der Waals surface area contributed by atoms with Crippen molar-refractivity contribution >= 4 is 23.3 Å². The van der Waals surface area contributed by atoms with Crippen molar-refractivity contribution in [1.82, 2.24) is 19.6 Å². The first-order valence-electron chi connectivity index (χ1n) is 7.35. The predicted molar refractivity (Wildman–Crippen MR) is 88.2 cm³/mol. The van der Waals surface area contributed by atoms with Gasteiger partial charge in [0.2, 0.25) is 5.91 Å². The maximum atomic E-state index is 13.6. The molecular formula is C16H15ClFN5O. The Hall–Kier alpha value is -2.67. The lowest BCUT2D eigenvalue weighted by molar-refractivity contribution is -0.116. The molecule has 0 spiro atoms. The summed E-state index contributed by atoms with van der Waals surface area (Å²) < 4.78 is 16.8. The van der Waals surface area contributed by atoms with Crippen molar-refractivity contribution in [3.05, 3.63) is 65.3 Å². The Morgan fingerprint density at radius 2 is 2.08 bits per heavy atom. The third kappa shape index (κ3) is 4.20. The Labute approximate surface area is 142 Å². The molecule has 1 amide bonds. The number of nitrogens with one attached hydrogen (secondary N) is 1. The van der Waals surface area contributed by atoms with Gasteiger partial charge in [-0.15, -0.1) is 0 Å². The van der Waals surface area contributed by atoms with Gasteiger partial charge in [-0.25, -0.2) is 4.39 Å². The first-order valence-corrected chi connectivity index (χ1v) is 7.72. The highest BCUT2D eigenvalue weighted by Gasteiger charge is 2.07. The van der Waals surface area contributed by atoms with E-state index in [1.165, 1.54) is 12.3 Å². The number of anilines is 1. The largest absolute Gasteiger partial charge is 0.309 e. The Bertz CT molecular complexity index is 844. The van der Waals surface area contributed by atoms with Crippen LogP contribution in [0.2, 0.25) is 5.02 Å². The summed E-state index contributed by atoms with van der Waals surface area (Å²) in [5, 5.41) is 11.5. The number of amides is 1. The zero-order valence-electron chi connectivity index (χ0n) is 12.7. The van der Waals surface area contributed by atoms with E-state index in [0.717, 1.165) is 0 Å². The van der Waals surface area contributed by atoms with Gasteiger partial charge in [-0.05, 0) is 6.07 Å². The van der Waals surface area contributed by atoms with Crippen LogP contribution in [0.4, 0.5) is 10.2 Å². The number of benzene rings is 1. The molecule has 0 unspecified atom stereocenters. The van der Waals surface area contributed by atoms with Crippen molar-refractivity contribution in [1.29, 1.82) is 0 Å². The van der Waals surface area contributed by atoms with Crippen LogP contribution < -0.4 is 5.32 Å². The second-order valence-electron chi connectivity index (χ2n) is 5.21. The summed E-state index contributed by atoms with van der Waals surface area (Å²) in [5.41, 5.74) is 0.536. The van der Waals surface area contributed by atoms with Gasteiger partial charge in [0.05, 0.1) is 17.8 Å². The minimum Gasteiger partial charge on any atom is -0.309 e. The van der Waals surface area contributed by atoms with Crippen molar-refractivity contribution in [2.45, 2.75) is 19.5 Å². The van der Waals surface area contributed by atoms with Gasteiger partial charge in [0.1, 0.15) is 5.82 Å². The Balaban J connectivity index is 1.53. The van der Waals surface area contributed by atoms with E-state index in [4.69, 9.17) is 11.6 Å². The van der Waals surface area contributed by atoms with Crippen LogP contribution in [-0.4, -0.2) is 25.5 Å². The number of rotatable bonds is 6. The molecule has 0 aliphatic carbocycles. The van der Waals surface area contributed by atoms with E-state index in [1.807, 2.05) is 0 Å². The van der Waals surface area contributed by atoms with Crippen LogP contribution in [0.5, 0.6) is 0 Å². The standard InChI is InChI=1S/C16H15ClFN5O/c17-13-9-19-22(11-13)8-6-16(24)20-15-5-7-23(21-15)10-12-3-1-2-4-14(12)18/h1-5,7,9,11H,6,8,10H2,(H,20,21,24). The predicted octanol–water partition coefficient (Wildman–Crippen LogP) is 2.95. The van der Waals surface area contributed by atoms with Crippen molar-refractivity contribution in [3.63, 3.8) is 0 Å². The molecule has 0 saturated heterocycles. The van der Waals surface area contributed by atoms with Crippen LogP contribution in [0, 0.1) is 5.82 Å². The molecular weight excluding hydrogens is 333 g/mol. The zero-order valence-corrected chi connectivity index (χ0v) is 13.4. The Morgan fingerprint density at radius 1 is 1.25 bits per heavy atom. The zero-order chi connectivity index (χ0) is 16.9. The molecule has 1 N–H and O–H groups in total. The third-order valence-electron chi connectivity index (χ3n) is 3.37. The van der Waals surface area contributed by atoms with Crippen molar-refractivity contribution in [3.8, 4) is 0 Å². The van der Waals surface area contributed by atoms with Crippen molar-refractivity contribution in [2.24, 2.45) is 0 Å². The van der Waals surface area contributed by atoms with Crippen LogP contribution in [0.1, 0.15) is 12.0 Å². The normalized spacial score (nSPS) is 10.8. The van der Waals surface area contributed by atoms with E-state index in [0.29, 0.717) is 29.5 Å². The van der Waals surface area contributed by atoms with Crippen LogP contribution in [0.25, 0.3) is 0 Å². The average Bonchev–Trinajstić information content (AvgIpc) is 3.17. The Kier molecular flexibility index (Phi) is 4.90. The van der Waals surface area contributed by atoms with E-state index in [-0.39, 0.29) is 18.1 Å². The topological polar surface area (TPSA) is 64.7 Å². The molecule has 2 aromatic heterocycles. The molecule has 0 saturated carbocycles. The van der Waals surface area contributed by atoms with Crippen LogP contribution >= 0.6 is 11.6 Å². The molecule has 3 rings (SSSR count). The lowest BCUT2D eigenvalue weighted by Gasteiger charge is -2.04. The molecule has 2 heterocycles. The van der Waals surface area contributed by atoms with Gasteiger partial charge in [-0.3, -0.25) is 14.2 Å². The summed E-state index contributed by atoms with van der Waals surface area (Å²) in [5.74, 6) is -0.0379. The summed E-state index contributed by atoms with van der Waals surface area (Å²) in [7, 11) is 0. The lowest BCUT2D eigenvalue weighted by Crippen LogP contribution is -2.15. The molecule has 0 radical (unpaired) electrons. The van der Waals surface area contributed by atoms with Crippen LogP contribution in [0.15, 0.2) is 48.9 Å². The van der Waals surface area contributed by atoms with Gasteiger partial charge in [-0.2, -0.15) is 10.2 Å². The highest BCUT2D eigenvalue weighted by Crippen LogP contribution is 2.10. The number of halogens is 2. The van der Waals surface area contributed by atoms with Gasteiger partial charge >= 0.3 is 0 Å². The fraction of sp³-hybridized carbons (Fsp3) is 0.188. The average molecular weight is 348 g/mol. The fourth-order valence-corrected chi connectivity index (χ4v) is 2.36. The van der Waals surface area contributed by atoms with Crippen LogP contribution in [0.3, 0.4) is 0 Å². The molecule has 124 valence electrons. The van der Waals surface area contributed by atoms with Gasteiger partial charge in [0.25, 0.3) is 0 Å². The smallest absolute Gasteiger partial charge is 0.227 e. The number of hydrogen-bond donors (Lipinski definition) is 1. The number of hydrogen-bond acceptors (Lipinski definition) is 3.